The van der Waals surface area contributed by atoms with E-state index in [9.17, 15) is 9.60 Å². The van der Waals surface area contributed by atoms with Crippen LogP contribution in [0.15, 0.2) is 53.8 Å². The van der Waals surface area contributed by atoms with Gasteiger partial charge in [-0.15, -0.1) is 0 Å². The molecule has 0 spiro atoms. The smallest absolute Gasteiger partial charge is 0.128 e. The molecule has 0 saturated carbocycles. The van der Waals surface area contributed by atoms with E-state index in [4.69, 9.17) is 0 Å². The van der Waals surface area contributed by atoms with E-state index in [0.717, 1.165) is 44.1 Å². The Bertz CT molecular complexity index is 667. The number of nitrogens with zero attached hydrogens (tertiary/aromatic N) is 4. The molecule has 2 aromatic rings. The van der Waals surface area contributed by atoms with Gasteiger partial charge < -0.3 is 10.1 Å². The second kappa shape index (κ2) is 7.88. The zero-order chi connectivity index (χ0) is 16.8. The molecule has 0 bridgehead atoms. The Morgan fingerprint density at radius 2 is 1.83 bits per heavy atom. The zero-order valence-electron chi connectivity index (χ0n) is 13.5. The summed E-state index contributed by atoms with van der Waals surface area (Å²) >= 11 is 0. The van der Waals surface area contributed by atoms with E-state index in [2.05, 4.69) is 19.9 Å². The van der Waals surface area contributed by atoms with Gasteiger partial charge in [-0.05, 0) is 29.8 Å². The largest absolute Gasteiger partial charge is 0.411 e. The Balaban J connectivity index is 1.50. The maximum Gasteiger partial charge on any atom is 0.128 e. The fourth-order valence-corrected chi connectivity index (χ4v) is 2.90. The molecule has 1 aromatic carbocycles. The Morgan fingerprint density at radius 1 is 1.08 bits per heavy atom. The number of hydrogen-bond donors (Lipinski definition) is 1. The predicted molar refractivity (Wildman–Crippen MR) is 92.2 cm³/mol. The molecule has 0 aliphatic carbocycles. The average Bonchev–Trinajstić information content (AvgIpc) is 2.65. The number of piperazine rings is 1. The van der Waals surface area contributed by atoms with Gasteiger partial charge in [0, 0.05) is 45.3 Å². The molecule has 0 atom stereocenters. The minimum atomic E-state index is -0.290. The quantitative estimate of drug-likeness (QED) is 0.521. The molecular formula is C18H21FN4O. The van der Waals surface area contributed by atoms with Gasteiger partial charge in [0.15, 0.2) is 0 Å². The molecule has 1 N–H and O–H groups in total. The van der Waals surface area contributed by atoms with E-state index in [1.54, 1.807) is 12.1 Å². The lowest BCUT2D eigenvalue weighted by atomic mass is 10.1. The Labute approximate surface area is 141 Å². The van der Waals surface area contributed by atoms with Crippen LogP contribution in [-0.4, -0.2) is 53.5 Å². The summed E-state index contributed by atoms with van der Waals surface area (Å²) in [4.78, 5) is 9.00. The summed E-state index contributed by atoms with van der Waals surface area (Å²) in [6, 6.07) is 12.0. The Kier molecular flexibility index (Phi) is 5.38. The monoisotopic (exact) mass is 328 g/mol. The van der Waals surface area contributed by atoms with Gasteiger partial charge in [0.25, 0.3) is 0 Å². The number of pyridine rings is 1. The lowest BCUT2D eigenvalue weighted by molar-refractivity contribution is 0.262. The van der Waals surface area contributed by atoms with Crippen LogP contribution in [0.1, 0.15) is 12.0 Å². The van der Waals surface area contributed by atoms with Crippen LogP contribution in [0.2, 0.25) is 0 Å². The number of oxime groups is 1. The maximum absolute atomic E-state index is 13.0. The fourth-order valence-electron chi connectivity index (χ4n) is 2.90. The van der Waals surface area contributed by atoms with Crippen molar-refractivity contribution in [3.63, 3.8) is 0 Å². The number of benzene rings is 1. The molecule has 24 heavy (non-hydrogen) atoms. The molecule has 126 valence electrons. The molecule has 1 aliphatic rings. The Morgan fingerprint density at radius 3 is 2.46 bits per heavy atom. The number of aromatic nitrogens is 1. The van der Waals surface area contributed by atoms with Crippen LogP contribution in [0, 0.1) is 5.82 Å². The summed E-state index contributed by atoms with van der Waals surface area (Å²) in [5, 5.41) is 12.6. The van der Waals surface area contributed by atoms with Gasteiger partial charge in [-0.2, -0.15) is 0 Å². The molecule has 1 aliphatic heterocycles. The lowest BCUT2D eigenvalue weighted by Gasteiger charge is -2.35. The maximum atomic E-state index is 13.0. The van der Waals surface area contributed by atoms with Crippen molar-refractivity contribution in [2.45, 2.75) is 6.42 Å². The van der Waals surface area contributed by atoms with E-state index < -0.39 is 0 Å². The molecular weight excluding hydrogens is 307 g/mol. The first-order valence-corrected chi connectivity index (χ1v) is 8.11. The van der Waals surface area contributed by atoms with Crippen molar-refractivity contribution < 1.29 is 9.60 Å². The SMILES string of the molecule is ON=C(CCN1CCN(c2ccccn2)CC1)c1ccc(F)cc1. The number of anilines is 1. The van der Waals surface area contributed by atoms with Crippen molar-refractivity contribution in [1.29, 1.82) is 0 Å². The van der Waals surface area contributed by atoms with Gasteiger partial charge in [-0.25, -0.2) is 9.37 Å². The van der Waals surface area contributed by atoms with Crippen molar-refractivity contribution in [3.05, 3.63) is 60.0 Å². The first kappa shape index (κ1) is 16.4. The van der Waals surface area contributed by atoms with Crippen molar-refractivity contribution in [3.8, 4) is 0 Å². The van der Waals surface area contributed by atoms with Crippen molar-refractivity contribution in [2.75, 3.05) is 37.6 Å². The summed E-state index contributed by atoms with van der Waals surface area (Å²) in [6.07, 6.45) is 2.44. The number of rotatable bonds is 5. The second-order valence-electron chi connectivity index (χ2n) is 5.82. The first-order valence-electron chi connectivity index (χ1n) is 8.11. The lowest BCUT2D eigenvalue weighted by Crippen LogP contribution is -2.47. The summed E-state index contributed by atoms with van der Waals surface area (Å²) in [5.74, 6) is 0.725. The van der Waals surface area contributed by atoms with Crippen LogP contribution in [0.3, 0.4) is 0 Å². The van der Waals surface area contributed by atoms with E-state index in [-0.39, 0.29) is 5.82 Å². The summed E-state index contributed by atoms with van der Waals surface area (Å²) < 4.78 is 13.0. The molecule has 0 amide bonds. The molecule has 2 heterocycles. The molecule has 3 rings (SSSR count). The normalized spacial score (nSPS) is 16.4. The standard InChI is InChI=1S/C18H21FN4O/c19-16-6-4-15(5-7-16)17(21-24)8-10-22-11-13-23(14-12-22)18-3-1-2-9-20-18/h1-7,9,24H,8,10-14H2. The summed E-state index contributed by atoms with van der Waals surface area (Å²) in [7, 11) is 0. The van der Waals surface area contributed by atoms with E-state index in [0.29, 0.717) is 12.1 Å². The van der Waals surface area contributed by atoms with Crippen LogP contribution < -0.4 is 4.90 Å². The van der Waals surface area contributed by atoms with Crippen molar-refractivity contribution in [2.24, 2.45) is 5.16 Å². The highest BCUT2D eigenvalue weighted by molar-refractivity contribution is 6.00. The first-order chi connectivity index (χ1) is 11.8. The fraction of sp³-hybridized carbons (Fsp3) is 0.333. The molecule has 1 aromatic heterocycles. The third kappa shape index (κ3) is 4.08. The molecule has 6 heteroatoms. The van der Waals surface area contributed by atoms with Crippen molar-refractivity contribution in [1.82, 2.24) is 9.88 Å². The third-order valence-electron chi connectivity index (χ3n) is 4.31. The molecule has 5 nitrogen and oxygen atoms in total. The third-order valence-corrected chi connectivity index (χ3v) is 4.31. The van der Waals surface area contributed by atoms with Crippen LogP contribution in [0.5, 0.6) is 0 Å². The topological polar surface area (TPSA) is 52.0 Å². The predicted octanol–water partition coefficient (Wildman–Crippen LogP) is 2.61. The number of halogens is 1. The van der Waals surface area contributed by atoms with Crippen LogP contribution in [-0.2, 0) is 0 Å². The molecule has 1 saturated heterocycles. The van der Waals surface area contributed by atoms with Gasteiger partial charge in [0.2, 0.25) is 0 Å². The second-order valence-corrected chi connectivity index (χ2v) is 5.82. The minimum absolute atomic E-state index is 0.290. The highest BCUT2D eigenvalue weighted by Gasteiger charge is 2.18. The number of hydrogen-bond acceptors (Lipinski definition) is 5. The van der Waals surface area contributed by atoms with Gasteiger partial charge >= 0.3 is 0 Å². The highest BCUT2D eigenvalue weighted by Crippen LogP contribution is 2.13. The zero-order valence-corrected chi connectivity index (χ0v) is 13.5. The van der Waals surface area contributed by atoms with Crippen LogP contribution >= 0.6 is 0 Å². The average molecular weight is 328 g/mol. The highest BCUT2D eigenvalue weighted by atomic mass is 19.1. The van der Waals surface area contributed by atoms with Gasteiger partial charge in [-0.3, -0.25) is 4.90 Å². The van der Waals surface area contributed by atoms with E-state index in [1.807, 2.05) is 24.4 Å². The van der Waals surface area contributed by atoms with E-state index in [1.165, 1.54) is 12.1 Å². The van der Waals surface area contributed by atoms with Crippen LogP contribution in [0.4, 0.5) is 10.2 Å². The molecule has 0 unspecified atom stereocenters. The summed E-state index contributed by atoms with van der Waals surface area (Å²) in [5.41, 5.74) is 1.34. The van der Waals surface area contributed by atoms with E-state index >= 15 is 0 Å². The van der Waals surface area contributed by atoms with Crippen molar-refractivity contribution >= 4 is 11.5 Å². The van der Waals surface area contributed by atoms with Gasteiger partial charge in [0.05, 0.1) is 5.71 Å². The van der Waals surface area contributed by atoms with Crippen LogP contribution in [0.25, 0.3) is 0 Å². The van der Waals surface area contributed by atoms with Gasteiger partial charge in [-0.1, -0.05) is 23.4 Å². The Hall–Kier alpha value is -2.47. The molecule has 1 fully saturated rings. The van der Waals surface area contributed by atoms with Gasteiger partial charge in [0.1, 0.15) is 11.6 Å². The minimum Gasteiger partial charge on any atom is -0.411 e. The molecule has 0 radical (unpaired) electrons. The summed E-state index contributed by atoms with van der Waals surface area (Å²) in [6.45, 7) is 4.56.